The molecule has 1 saturated heterocycles. The number of hydrogen-bond acceptors (Lipinski definition) is 5. The Bertz CT molecular complexity index is 721. The average Bonchev–Trinajstić information content (AvgIpc) is 3.41. The quantitative estimate of drug-likeness (QED) is 0.825. The number of likely N-dealkylation sites (tertiary alicyclic amines) is 1. The molecule has 7 nitrogen and oxygen atoms in total. The second kappa shape index (κ2) is 7.85. The third-order valence-corrected chi connectivity index (χ3v) is 6.76. The first-order valence-electron chi connectivity index (χ1n) is 10.8. The molecule has 0 bridgehead atoms. The molecule has 3 aliphatic rings. The third kappa shape index (κ3) is 4.09. The number of hydrogen-bond donors (Lipinski definition) is 2. The Labute approximate surface area is 166 Å². The topological polar surface area (TPSA) is 101 Å². The predicted octanol–water partition coefficient (Wildman–Crippen LogP) is 2.42. The van der Waals surface area contributed by atoms with Crippen LogP contribution in [0.3, 0.4) is 0 Å². The van der Waals surface area contributed by atoms with Gasteiger partial charge in [-0.3, -0.25) is 9.59 Å². The molecule has 2 saturated carbocycles. The first-order valence-corrected chi connectivity index (χ1v) is 10.8. The van der Waals surface area contributed by atoms with E-state index >= 15 is 0 Å². The van der Waals surface area contributed by atoms with E-state index in [2.05, 4.69) is 24.3 Å². The Kier molecular flexibility index (Phi) is 5.45. The van der Waals surface area contributed by atoms with Crippen LogP contribution in [0.25, 0.3) is 0 Å². The van der Waals surface area contributed by atoms with Gasteiger partial charge in [0.2, 0.25) is 5.91 Å². The molecular formula is C21H32N4O3. The van der Waals surface area contributed by atoms with Crippen molar-refractivity contribution in [2.45, 2.75) is 82.8 Å². The summed E-state index contributed by atoms with van der Waals surface area (Å²) in [5, 5.41) is 7.05. The number of nitrogens with two attached hydrogens (primary N) is 1. The normalized spacial score (nSPS) is 33.5. The maximum atomic E-state index is 13.0. The highest BCUT2D eigenvalue weighted by atomic mass is 16.5. The van der Waals surface area contributed by atoms with Crippen LogP contribution in [0, 0.1) is 11.8 Å². The molecule has 154 valence electrons. The van der Waals surface area contributed by atoms with Crippen LogP contribution in [0.4, 0.5) is 0 Å². The highest BCUT2D eigenvalue weighted by Crippen LogP contribution is 2.40. The molecule has 3 fully saturated rings. The van der Waals surface area contributed by atoms with E-state index in [0.717, 1.165) is 50.7 Å². The van der Waals surface area contributed by atoms with Gasteiger partial charge >= 0.3 is 0 Å². The van der Waals surface area contributed by atoms with Gasteiger partial charge in [0.25, 0.3) is 5.91 Å². The van der Waals surface area contributed by atoms with Crippen molar-refractivity contribution in [1.29, 1.82) is 0 Å². The molecule has 4 rings (SSSR count). The van der Waals surface area contributed by atoms with Gasteiger partial charge in [-0.2, -0.15) is 0 Å². The summed E-state index contributed by atoms with van der Waals surface area (Å²) in [6.07, 6.45) is 6.66. The van der Waals surface area contributed by atoms with Crippen molar-refractivity contribution >= 4 is 11.8 Å². The summed E-state index contributed by atoms with van der Waals surface area (Å²) in [6.45, 7) is 4.87. The summed E-state index contributed by atoms with van der Waals surface area (Å²) in [5.74, 6) is 1.65. The summed E-state index contributed by atoms with van der Waals surface area (Å²) >= 11 is 0. The minimum atomic E-state index is -0.180. The highest BCUT2D eigenvalue weighted by molar-refractivity contribution is 5.92. The van der Waals surface area contributed by atoms with Gasteiger partial charge in [0.05, 0.1) is 0 Å². The maximum absolute atomic E-state index is 13.0. The van der Waals surface area contributed by atoms with Crippen molar-refractivity contribution in [2.75, 3.05) is 6.54 Å². The molecule has 2 heterocycles. The molecule has 2 amide bonds. The summed E-state index contributed by atoms with van der Waals surface area (Å²) in [7, 11) is 0. The lowest BCUT2D eigenvalue weighted by atomic mass is 9.83. The zero-order valence-electron chi connectivity index (χ0n) is 16.9. The Balaban J connectivity index is 1.33. The zero-order chi connectivity index (χ0) is 19.8. The van der Waals surface area contributed by atoms with Gasteiger partial charge in [-0.1, -0.05) is 12.1 Å². The van der Waals surface area contributed by atoms with Gasteiger partial charge < -0.3 is 20.5 Å². The summed E-state index contributed by atoms with van der Waals surface area (Å²) in [4.78, 5) is 27.6. The SMILES string of the molecule is C[C@@H]1C[C@H](NC(=O)c2cc(C3CC3)on2)[C@@H](C)CN1C(=O)C1CCC(N)CC1. The van der Waals surface area contributed by atoms with Crippen LogP contribution in [0.5, 0.6) is 0 Å². The fourth-order valence-corrected chi connectivity index (χ4v) is 4.65. The number of amides is 2. The fourth-order valence-electron chi connectivity index (χ4n) is 4.65. The lowest BCUT2D eigenvalue weighted by molar-refractivity contribution is -0.141. The van der Waals surface area contributed by atoms with Crippen LogP contribution in [0.2, 0.25) is 0 Å². The molecule has 2 aliphatic carbocycles. The standard InChI is InChI=1S/C21H32N4O3/c1-12-11-25(21(27)15-5-7-16(22)8-6-15)13(2)9-17(12)23-20(26)18-10-19(28-24-18)14-3-4-14/h10,12-17H,3-9,11,22H2,1-2H3,(H,23,26)/t12-,13+,15?,16?,17-/m0/s1. The van der Waals surface area contributed by atoms with E-state index in [-0.39, 0.29) is 41.8 Å². The number of aromatic nitrogens is 1. The number of carbonyl (C=O) groups is 2. The Morgan fingerprint density at radius 1 is 1.18 bits per heavy atom. The molecule has 3 N–H and O–H groups in total. The smallest absolute Gasteiger partial charge is 0.273 e. The third-order valence-electron chi connectivity index (χ3n) is 6.76. The van der Waals surface area contributed by atoms with E-state index in [1.807, 2.05) is 4.90 Å². The Hall–Kier alpha value is -1.89. The molecule has 0 radical (unpaired) electrons. The molecule has 28 heavy (non-hydrogen) atoms. The largest absolute Gasteiger partial charge is 0.360 e. The molecule has 3 atom stereocenters. The van der Waals surface area contributed by atoms with Crippen LogP contribution < -0.4 is 11.1 Å². The number of nitrogens with one attached hydrogen (secondary N) is 1. The van der Waals surface area contributed by atoms with Crippen LogP contribution >= 0.6 is 0 Å². The average molecular weight is 389 g/mol. The molecule has 1 aliphatic heterocycles. The van der Waals surface area contributed by atoms with E-state index in [1.54, 1.807) is 6.07 Å². The molecule has 0 unspecified atom stereocenters. The van der Waals surface area contributed by atoms with Crippen molar-refractivity contribution in [3.8, 4) is 0 Å². The van der Waals surface area contributed by atoms with Gasteiger partial charge in [-0.15, -0.1) is 0 Å². The second-order valence-corrected chi connectivity index (χ2v) is 9.13. The van der Waals surface area contributed by atoms with E-state index in [1.165, 1.54) is 0 Å². The first kappa shape index (κ1) is 19.4. The van der Waals surface area contributed by atoms with Crippen LogP contribution in [0.1, 0.15) is 81.0 Å². The minimum Gasteiger partial charge on any atom is -0.360 e. The van der Waals surface area contributed by atoms with Crippen molar-refractivity contribution in [2.24, 2.45) is 17.6 Å². The molecule has 1 aromatic heterocycles. The summed E-state index contributed by atoms with van der Waals surface area (Å²) in [5.41, 5.74) is 6.34. The summed E-state index contributed by atoms with van der Waals surface area (Å²) in [6, 6.07) is 2.17. The summed E-state index contributed by atoms with van der Waals surface area (Å²) < 4.78 is 5.30. The monoisotopic (exact) mass is 388 g/mol. The zero-order valence-corrected chi connectivity index (χ0v) is 16.9. The minimum absolute atomic E-state index is 0.0346. The second-order valence-electron chi connectivity index (χ2n) is 9.13. The number of nitrogens with zero attached hydrogens (tertiary/aromatic N) is 2. The molecule has 0 spiro atoms. The van der Waals surface area contributed by atoms with E-state index in [0.29, 0.717) is 18.2 Å². The molecule has 7 heteroatoms. The Morgan fingerprint density at radius 2 is 1.89 bits per heavy atom. The maximum Gasteiger partial charge on any atom is 0.273 e. The Morgan fingerprint density at radius 3 is 2.57 bits per heavy atom. The molecular weight excluding hydrogens is 356 g/mol. The predicted molar refractivity (Wildman–Crippen MR) is 105 cm³/mol. The number of carbonyl (C=O) groups excluding carboxylic acids is 2. The molecule has 0 aromatic carbocycles. The van der Waals surface area contributed by atoms with Crippen molar-refractivity contribution in [1.82, 2.24) is 15.4 Å². The van der Waals surface area contributed by atoms with Gasteiger partial charge in [-0.05, 0) is 57.8 Å². The first-order chi connectivity index (χ1) is 13.4. The fraction of sp³-hybridized carbons (Fsp3) is 0.762. The van der Waals surface area contributed by atoms with E-state index in [4.69, 9.17) is 10.3 Å². The number of piperidine rings is 1. The molecule has 1 aromatic rings. The lowest BCUT2D eigenvalue weighted by Crippen LogP contribution is -2.56. The van der Waals surface area contributed by atoms with Crippen LogP contribution in [-0.2, 0) is 4.79 Å². The van der Waals surface area contributed by atoms with Crippen LogP contribution in [-0.4, -0.2) is 46.5 Å². The van der Waals surface area contributed by atoms with Gasteiger partial charge in [-0.25, -0.2) is 0 Å². The van der Waals surface area contributed by atoms with E-state index < -0.39 is 0 Å². The van der Waals surface area contributed by atoms with Crippen molar-refractivity contribution < 1.29 is 14.1 Å². The van der Waals surface area contributed by atoms with Gasteiger partial charge in [0, 0.05) is 42.6 Å². The highest BCUT2D eigenvalue weighted by Gasteiger charge is 2.38. The van der Waals surface area contributed by atoms with E-state index in [9.17, 15) is 9.59 Å². The van der Waals surface area contributed by atoms with Crippen LogP contribution in [0.15, 0.2) is 10.6 Å². The van der Waals surface area contributed by atoms with Crippen molar-refractivity contribution in [3.63, 3.8) is 0 Å². The van der Waals surface area contributed by atoms with Gasteiger partial charge in [0.15, 0.2) is 5.69 Å². The lowest BCUT2D eigenvalue weighted by Gasteiger charge is -2.43. The van der Waals surface area contributed by atoms with Crippen molar-refractivity contribution in [3.05, 3.63) is 17.5 Å². The number of rotatable bonds is 4. The van der Waals surface area contributed by atoms with Gasteiger partial charge in [0.1, 0.15) is 5.76 Å².